The van der Waals surface area contributed by atoms with Crippen molar-refractivity contribution in [3.63, 3.8) is 0 Å². The second kappa shape index (κ2) is 5.66. The van der Waals surface area contributed by atoms with Crippen LogP contribution >= 0.6 is 0 Å². The molecule has 1 fully saturated rings. The van der Waals surface area contributed by atoms with Crippen molar-refractivity contribution in [2.24, 2.45) is 11.8 Å². The molecule has 0 saturated carbocycles. The molecule has 1 aromatic carbocycles. The summed E-state index contributed by atoms with van der Waals surface area (Å²) in [5, 5.41) is 18.4. The summed E-state index contributed by atoms with van der Waals surface area (Å²) in [4.78, 5) is 9.83. The molecule has 8 heteroatoms. The first kappa shape index (κ1) is 15.5. The molecule has 0 spiro atoms. The molecule has 1 saturated heterocycles. The number of nitriles is 1. The van der Waals surface area contributed by atoms with Crippen LogP contribution in [0.1, 0.15) is 5.56 Å². The molecule has 1 aliphatic rings. The van der Waals surface area contributed by atoms with Crippen LogP contribution < -0.4 is 4.90 Å². The molecule has 1 aromatic heterocycles. The van der Waals surface area contributed by atoms with Crippen molar-refractivity contribution in [1.82, 2.24) is 9.97 Å². The highest BCUT2D eigenvalue weighted by atomic mass is 19.4. The summed E-state index contributed by atoms with van der Waals surface area (Å²) in [7, 11) is 0. The minimum absolute atomic E-state index is 0.0816. The number of benzene rings is 1. The van der Waals surface area contributed by atoms with Crippen LogP contribution in [0.15, 0.2) is 24.5 Å². The van der Waals surface area contributed by atoms with E-state index in [0.29, 0.717) is 22.3 Å². The number of anilines is 1. The summed E-state index contributed by atoms with van der Waals surface area (Å²) in [5.41, 5.74) is 1.58. The molecule has 0 aliphatic carbocycles. The van der Waals surface area contributed by atoms with Gasteiger partial charge in [-0.05, 0) is 12.1 Å². The number of hydrogen-bond donors (Lipinski definition) is 1. The fourth-order valence-electron chi connectivity index (χ4n) is 3.01. The highest BCUT2D eigenvalue weighted by Gasteiger charge is 2.49. The fraction of sp³-hybridized carbons (Fsp3) is 0.400. The zero-order valence-corrected chi connectivity index (χ0v) is 12.0. The van der Waals surface area contributed by atoms with Gasteiger partial charge in [0.2, 0.25) is 0 Å². The Morgan fingerprint density at radius 1 is 1.22 bits per heavy atom. The summed E-state index contributed by atoms with van der Waals surface area (Å²) < 4.78 is 39.3. The van der Waals surface area contributed by atoms with Gasteiger partial charge in [0, 0.05) is 38.0 Å². The molecule has 2 atom stereocenters. The first-order valence-electron chi connectivity index (χ1n) is 7.02. The van der Waals surface area contributed by atoms with Crippen LogP contribution in [0.25, 0.3) is 11.0 Å². The number of fused-ring (bicyclic) bond motifs is 1. The van der Waals surface area contributed by atoms with E-state index in [1.165, 1.54) is 18.5 Å². The molecule has 2 heterocycles. The van der Waals surface area contributed by atoms with Gasteiger partial charge in [-0.2, -0.15) is 18.4 Å². The lowest BCUT2D eigenvalue weighted by Gasteiger charge is -2.21. The molecule has 3 rings (SSSR count). The van der Waals surface area contributed by atoms with Gasteiger partial charge >= 0.3 is 6.18 Å². The van der Waals surface area contributed by atoms with Crippen LogP contribution in [0.4, 0.5) is 18.9 Å². The van der Waals surface area contributed by atoms with Gasteiger partial charge in [0.15, 0.2) is 0 Å². The van der Waals surface area contributed by atoms with E-state index in [2.05, 4.69) is 9.97 Å². The molecular formula is C15H13F3N4O. The minimum atomic E-state index is -4.36. The molecule has 0 bridgehead atoms. The van der Waals surface area contributed by atoms with Crippen LogP contribution in [-0.2, 0) is 0 Å². The van der Waals surface area contributed by atoms with Gasteiger partial charge in [0.05, 0.1) is 17.2 Å². The quantitative estimate of drug-likeness (QED) is 0.917. The molecule has 0 unspecified atom stereocenters. The zero-order chi connectivity index (χ0) is 16.6. The lowest BCUT2D eigenvalue weighted by Crippen LogP contribution is -2.31. The molecule has 1 N–H and O–H groups in total. The molecule has 0 radical (unpaired) electrons. The van der Waals surface area contributed by atoms with E-state index < -0.39 is 24.6 Å². The summed E-state index contributed by atoms with van der Waals surface area (Å²) >= 11 is 0. The standard InChI is InChI=1S/C15H13F3N4O/c16-15(17,18)11-7-22(6-10(11)8-23)12-2-1-9(5-19)13-14(12)21-4-3-20-13/h1-4,10-11,23H,6-8H2/t10-,11+/m1/s1. The highest BCUT2D eigenvalue weighted by Crippen LogP contribution is 2.40. The Kier molecular flexibility index (Phi) is 3.82. The van der Waals surface area contributed by atoms with Gasteiger partial charge in [-0.1, -0.05) is 0 Å². The Bertz CT molecular complexity index is 771. The number of hydrogen-bond acceptors (Lipinski definition) is 5. The second-order valence-corrected chi connectivity index (χ2v) is 5.49. The van der Waals surface area contributed by atoms with Gasteiger partial charge in [-0.15, -0.1) is 0 Å². The Labute approximate surface area is 130 Å². The second-order valence-electron chi connectivity index (χ2n) is 5.49. The first-order chi connectivity index (χ1) is 11.0. The zero-order valence-electron chi connectivity index (χ0n) is 12.0. The largest absolute Gasteiger partial charge is 0.396 e. The van der Waals surface area contributed by atoms with Crippen molar-refractivity contribution < 1.29 is 18.3 Å². The highest BCUT2D eigenvalue weighted by molar-refractivity contribution is 5.92. The van der Waals surface area contributed by atoms with Gasteiger partial charge in [-0.3, -0.25) is 9.97 Å². The number of aliphatic hydroxyl groups is 1. The van der Waals surface area contributed by atoms with Crippen molar-refractivity contribution in [3.05, 3.63) is 30.1 Å². The Morgan fingerprint density at radius 3 is 2.48 bits per heavy atom. The smallest absolute Gasteiger partial charge is 0.393 e. The van der Waals surface area contributed by atoms with E-state index in [1.807, 2.05) is 6.07 Å². The first-order valence-corrected chi connectivity index (χ1v) is 7.02. The molecule has 0 amide bonds. The van der Waals surface area contributed by atoms with Gasteiger partial charge in [0.25, 0.3) is 0 Å². The third-order valence-corrected chi connectivity index (χ3v) is 4.16. The molecule has 120 valence electrons. The lowest BCUT2D eigenvalue weighted by molar-refractivity contribution is -0.181. The predicted molar refractivity (Wildman–Crippen MR) is 76.6 cm³/mol. The van der Waals surface area contributed by atoms with E-state index in [4.69, 9.17) is 5.26 Å². The van der Waals surface area contributed by atoms with Gasteiger partial charge in [0.1, 0.15) is 17.1 Å². The summed E-state index contributed by atoms with van der Waals surface area (Å²) in [5.74, 6) is -2.47. The van der Waals surface area contributed by atoms with Crippen LogP contribution in [0, 0.1) is 23.2 Å². The maximum Gasteiger partial charge on any atom is 0.393 e. The topological polar surface area (TPSA) is 73.0 Å². The summed E-state index contributed by atoms with van der Waals surface area (Å²) in [6, 6.07) is 5.11. The molecule has 1 aliphatic heterocycles. The van der Waals surface area contributed by atoms with Gasteiger partial charge < -0.3 is 10.0 Å². The number of aliphatic hydroxyl groups excluding tert-OH is 1. The third-order valence-electron chi connectivity index (χ3n) is 4.16. The monoisotopic (exact) mass is 322 g/mol. The van der Waals surface area contributed by atoms with Crippen LogP contribution in [0.2, 0.25) is 0 Å². The van der Waals surface area contributed by atoms with Crippen LogP contribution in [0.5, 0.6) is 0 Å². The SMILES string of the molecule is N#Cc1ccc(N2C[C@H](CO)[C@@H](C(F)(F)F)C2)c2nccnc12. The Balaban J connectivity index is 2.04. The number of alkyl halides is 3. The van der Waals surface area contributed by atoms with E-state index in [0.717, 1.165) is 0 Å². The average Bonchev–Trinajstić information content (AvgIpc) is 2.98. The fourth-order valence-corrected chi connectivity index (χ4v) is 3.01. The van der Waals surface area contributed by atoms with Crippen LogP contribution in [-0.4, -0.2) is 40.9 Å². The van der Waals surface area contributed by atoms with Crippen molar-refractivity contribution in [2.75, 3.05) is 24.6 Å². The van der Waals surface area contributed by atoms with E-state index in [9.17, 15) is 18.3 Å². The predicted octanol–water partition coefficient (Wildman–Crippen LogP) is 2.11. The maximum absolute atomic E-state index is 13.1. The molecular weight excluding hydrogens is 309 g/mol. The van der Waals surface area contributed by atoms with Crippen LogP contribution in [0.3, 0.4) is 0 Å². The van der Waals surface area contributed by atoms with Crippen molar-refractivity contribution in [2.45, 2.75) is 6.18 Å². The van der Waals surface area contributed by atoms with Gasteiger partial charge in [-0.25, -0.2) is 0 Å². The van der Waals surface area contributed by atoms with E-state index in [-0.39, 0.29) is 13.1 Å². The third kappa shape index (κ3) is 2.68. The maximum atomic E-state index is 13.1. The lowest BCUT2D eigenvalue weighted by atomic mass is 9.97. The summed E-state index contributed by atoms with van der Waals surface area (Å²) in [6.07, 6.45) is -1.49. The Morgan fingerprint density at radius 2 is 1.91 bits per heavy atom. The number of nitrogens with zero attached hydrogens (tertiary/aromatic N) is 4. The van der Waals surface area contributed by atoms with E-state index >= 15 is 0 Å². The Hall–Kier alpha value is -2.40. The minimum Gasteiger partial charge on any atom is -0.396 e. The van der Waals surface area contributed by atoms with Crippen molar-refractivity contribution in [3.8, 4) is 6.07 Å². The normalized spacial score (nSPS) is 21.6. The number of aromatic nitrogens is 2. The van der Waals surface area contributed by atoms with E-state index in [1.54, 1.807) is 11.0 Å². The molecule has 5 nitrogen and oxygen atoms in total. The van der Waals surface area contributed by atoms with Crippen molar-refractivity contribution >= 4 is 16.7 Å². The molecule has 23 heavy (non-hydrogen) atoms. The average molecular weight is 322 g/mol. The van der Waals surface area contributed by atoms with Crippen molar-refractivity contribution in [1.29, 1.82) is 5.26 Å². The molecule has 2 aromatic rings. The number of rotatable bonds is 2. The summed E-state index contributed by atoms with van der Waals surface area (Å²) in [6.45, 7) is -0.689. The number of halogens is 3.